The summed E-state index contributed by atoms with van der Waals surface area (Å²) >= 11 is 0. The highest BCUT2D eigenvalue weighted by Crippen LogP contribution is 2.82. The third kappa shape index (κ3) is 1.04. The normalized spacial score (nSPS) is 62.1. The summed E-state index contributed by atoms with van der Waals surface area (Å²) in [6.45, 7) is 2.93. The Morgan fingerprint density at radius 2 is 2.09 bits per heavy atom. The van der Waals surface area contributed by atoms with E-state index in [4.69, 9.17) is 9.47 Å². The summed E-state index contributed by atoms with van der Waals surface area (Å²) < 4.78 is 12.5. The maximum atomic E-state index is 12.6. The fourth-order valence-corrected chi connectivity index (χ4v) is 7.95. The first-order valence-corrected chi connectivity index (χ1v) is 8.87. The van der Waals surface area contributed by atoms with Gasteiger partial charge in [-0.05, 0) is 38.0 Å². The van der Waals surface area contributed by atoms with E-state index in [-0.39, 0.29) is 28.3 Å². The van der Waals surface area contributed by atoms with Gasteiger partial charge in [-0.25, -0.2) is 0 Å². The Morgan fingerprint density at radius 1 is 1.27 bits per heavy atom. The van der Waals surface area contributed by atoms with Crippen molar-refractivity contribution in [1.29, 1.82) is 0 Å². The summed E-state index contributed by atoms with van der Waals surface area (Å²) in [6, 6.07) is 0. The van der Waals surface area contributed by atoms with E-state index in [1.165, 1.54) is 0 Å². The molecular weight excluding hydrogens is 280 g/mol. The monoisotopic (exact) mass is 306 g/mol. The Balaban J connectivity index is 1.79. The van der Waals surface area contributed by atoms with Gasteiger partial charge in [0.15, 0.2) is 5.79 Å². The third-order valence-electron chi connectivity index (χ3n) is 8.78. The molecule has 1 N–H and O–H groups in total. The molecule has 0 aromatic heterocycles. The quantitative estimate of drug-likeness (QED) is 0.807. The molecule has 1 saturated heterocycles. The molecule has 0 unspecified atom stereocenters. The van der Waals surface area contributed by atoms with Crippen LogP contribution in [0.15, 0.2) is 0 Å². The molecule has 2 spiro atoms. The summed E-state index contributed by atoms with van der Waals surface area (Å²) in [4.78, 5) is 12.6. The highest BCUT2D eigenvalue weighted by Gasteiger charge is 2.86. The molecule has 5 aliphatic rings. The van der Waals surface area contributed by atoms with E-state index in [1.807, 2.05) is 0 Å². The minimum atomic E-state index is -0.710. The Kier molecular flexibility index (Phi) is 2.40. The number of Topliss-reactive ketones (excluding diaryl/α,β-unsaturated/α-hetero) is 1. The van der Waals surface area contributed by atoms with Crippen LogP contribution < -0.4 is 0 Å². The lowest BCUT2D eigenvalue weighted by molar-refractivity contribution is -0.284. The molecule has 5 rings (SSSR count). The Morgan fingerprint density at radius 3 is 2.86 bits per heavy atom. The molecule has 5 fully saturated rings. The second-order valence-electron chi connectivity index (χ2n) is 8.69. The van der Waals surface area contributed by atoms with Gasteiger partial charge in [0, 0.05) is 29.8 Å². The van der Waals surface area contributed by atoms with Gasteiger partial charge in [0.2, 0.25) is 0 Å². The van der Waals surface area contributed by atoms with Crippen LogP contribution in [0.2, 0.25) is 0 Å². The topological polar surface area (TPSA) is 55.8 Å². The molecule has 1 heterocycles. The Bertz CT molecular complexity index is 561. The minimum Gasteiger partial charge on any atom is -0.393 e. The lowest BCUT2D eigenvalue weighted by Gasteiger charge is -2.62. The summed E-state index contributed by atoms with van der Waals surface area (Å²) in [7, 11) is 1.73. The van der Waals surface area contributed by atoms with Crippen LogP contribution in [0.4, 0.5) is 0 Å². The molecule has 0 aromatic rings. The summed E-state index contributed by atoms with van der Waals surface area (Å²) in [5.41, 5.74) is -0.148. The maximum Gasteiger partial charge on any atom is 0.184 e. The van der Waals surface area contributed by atoms with Crippen molar-refractivity contribution >= 4 is 5.78 Å². The molecule has 0 aromatic carbocycles. The fraction of sp³-hybridized carbons (Fsp3) is 0.944. The summed E-state index contributed by atoms with van der Waals surface area (Å²) in [5, 5.41) is 11.0. The van der Waals surface area contributed by atoms with Crippen molar-refractivity contribution in [3.63, 3.8) is 0 Å². The molecule has 4 aliphatic carbocycles. The number of hydrogen-bond acceptors (Lipinski definition) is 4. The number of methoxy groups -OCH3 is 1. The maximum absolute atomic E-state index is 12.6. The van der Waals surface area contributed by atoms with Gasteiger partial charge in [0.05, 0.1) is 18.6 Å². The van der Waals surface area contributed by atoms with Crippen LogP contribution in [0.1, 0.15) is 51.9 Å². The number of rotatable bonds is 1. The molecule has 4 saturated carbocycles. The smallest absolute Gasteiger partial charge is 0.184 e. The second-order valence-corrected chi connectivity index (χ2v) is 8.69. The zero-order chi connectivity index (χ0) is 15.4. The lowest BCUT2D eigenvalue weighted by Crippen LogP contribution is -2.66. The van der Waals surface area contributed by atoms with Crippen molar-refractivity contribution in [1.82, 2.24) is 0 Å². The van der Waals surface area contributed by atoms with E-state index in [2.05, 4.69) is 6.92 Å². The number of aliphatic hydroxyl groups is 1. The van der Waals surface area contributed by atoms with Crippen molar-refractivity contribution < 1.29 is 19.4 Å². The second kappa shape index (κ2) is 3.79. The molecule has 2 bridgehead atoms. The van der Waals surface area contributed by atoms with Gasteiger partial charge < -0.3 is 14.6 Å². The molecule has 4 heteroatoms. The van der Waals surface area contributed by atoms with Gasteiger partial charge in [0.25, 0.3) is 0 Å². The first kappa shape index (κ1) is 13.9. The van der Waals surface area contributed by atoms with Gasteiger partial charge in [-0.2, -0.15) is 0 Å². The van der Waals surface area contributed by atoms with Gasteiger partial charge in [-0.1, -0.05) is 13.3 Å². The van der Waals surface area contributed by atoms with Crippen LogP contribution in [0.5, 0.6) is 0 Å². The number of carbonyl (C=O) groups excluding carboxylic acids is 1. The lowest BCUT2D eigenvalue weighted by atomic mass is 9.42. The largest absolute Gasteiger partial charge is 0.393 e. The van der Waals surface area contributed by atoms with Gasteiger partial charge >= 0.3 is 0 Å². The highest BCUT2D eigenvalue weighted by molar-refractivity contribution is 5.84. The first-order valence-electron chi connectivity index (χ1n) is 8.87. The Hall–Kier alpha value is -0.450. The molecule has 0 radical (unpaired) electrons. The van der Waals surface area contributed by atoms with E-state index < -0.39 is 5.79 Å². The number of aliphatic hydroxyl groups excluding tert-OH is 1. The van der Waals surface area contributed by atoms with Gasteiger partial charge in [0.1, 0.15) is 5.78 Å². The predicted octanol–water partition coefficient (Wildman–Crippen LogP) is 2.29. The van der Waals surface area contributed by atoms with Crippen LogP contribution in [0, 0.1) is 28.1 Å². The van der Waals surface area contributed by atoms with Crippen molar-refractivity contribution in [3.8, 4) is 0 Å². The van der Waals surface area contributed by atoms with Crippen molar-refractivity contribution in [2.75, 3.05) is 13.7 Å². The van der Waals surface area contributed by atoms with E-state index in [0.717, 1.165) is 38.5 Å². The van der Waals surface area contributed by atoms with E-state index in [1.54, 1.807) is 7.11 Å². The number of carbonyl (C=O) groups is 1. The van der Waals surface area contributed by atoms with Crippen molar-refractivity contribution in [2.24, 2.45) is 28.1 Å². The summed E-state index contributed by atoms with van der Waals surface area (Å²) in [6.07, 6.45) is 6.30. The SMILES string of the molecule is CO[C@]12OC[C@]34CCC[C@]3(C)[C@@H](O)C[C@@H]3C[C@H]1C(=O)CC[C@@]324. The molecule has 122 valence electrons. The van der Waals surface area contributed by atoms with E-state index >= 15 is 0 Å². The zero-order valence-corrected chi connectivity index (χ0v) is 13.6. The van der Waals surface area contributed by atoms with Crippen LogP contribution in [-0.4, -0.2) is 36.5 Å². The zero-order valence-electron chi connectivity index (χ0n) is 13.6. The predicted molar refractivity (Wildman–Crippen MR) is 79.0 cm³/mol. The highest BCUT2D eigenvalue weighted by atomic mass is 16.7. The molecular formula is C18H26O4. The third-order valence-corrected chi connectivity index (χ3v) is 8.78. The molecule has 1 aliphatic heterocycles. The average molecular weight is 306 g/mol. The number of ether oxygens (including phenoxy) is 2. The van der Waals surface area contributed by atoms with E-state index in [0.29, 0.717) is 24.7 Å². The molecule has 22 heavy (non-hydrogen) atoms. The number of ketones is 1. The first-order chi connectivity index (χ1) is 10.5. The Labute approximate surface area is 131 Å². The van der Waals surface area contributed by atoms with Crippen molar-refractivity contribution in [2.45, 2.75) is 63.8 Å². The van der Waals surface area contributed by atoms with Crippen LogP contribution in [0.25, 0.3) is 0 Å². The number of hydrogen-bond donors (Lipinski definition) is 1. The van der Waals surface area contributed by atoms with Crippen LogP contribution in [-0.2, 0) is 14.3 Å². The van der Waals surface area contributed by atoms with Gasteiger partial charge in [-0.3, -0.25) is 4.79 Å². The fourth-order valence-electron chi connectivity index (χ4n) is 7.95. The van der Waals surface area contributed by atoms with Crippen LogP contribution in [0.3, 0.4) is 0 Å². The minimum absolute atomic E-state index is 0.00616. The molecule has 0 amide bonds. The van der Waals surface area contributed by atoms with Crippen LogP contribution >= 0.6 is 0 Å². The standard InChI is InChI=1S/C18H26O4/c1-15-5-3-6-16(15)10-22-18(21-2)12-8-11(9-14(15)20)17(16,18)7-4-13(12)19/h11-12,14,20H,3-10H2,1-2H3/t11-,12-,14-,15+,16+,17-,18-/m0/s1. The summed E-state index contributed by atoms with van der Waals surface area (Å²) in [5.74, 6) is -0.148. The molecule has 7 atom stereocenters. The molecule has 4 nitrogen and oxygen atoms in total. The van der Waals surface area contributed by atoms with E-state index in [9.17, 15) is 9.90 Å². The van der Waals surface area contributed by atoms with Crippen molar-refractivity contribution in [3.05, 3.63) is 0 Å². The van der Waals surface area contributed by atoms with Gasteiger partial charge in [-0.15, -0.1) is 0 Å². The average Bonchev–Trinajstić information content (AvgIpc) is 3.06.